The lowest BCUT2D eigenvalue weighted by atomic mass is 9.49. The van der Waals surface area contributed by atoms with Crippen molar-refractivity contribution in [2.24, 2.45) is 23.2 Å². The second-order valence-corrected chi connectivity index (χ2v) is 11.8. The summed E-state index contributed by atoms with van der Waals surface area (Å²) < 4.78 is 7.00. The molecule has 3 bridgehead atoms. The minimum Gasteiger partial charge on any atom is -0.367 e. The summed E-state index contributed by atoms with van der Waals surface area (Å²) in [5.74, 6) is 2.38. The summed E-state index contributed by atoms with van der Waals surface area (Å²) in [7, 11) is 6.60. The van der Waals surface area contributed by atoms with Crippen molar-refractivity contribution in [2.75, 3.05) is 47.3 Å². The van der Waals surface area contributed by atoms with Crippen molar-refractivity contribution < 1.29 is 4.74 Å². The molecule has 0 aromatic rings. The monoisotopic (exact) mass is 405 g/mol. The Kier molecular flexibility index (Phi) is 6.14. The Morgan fingerprint density at radius 1 is 0.966 bits per heavy atom. The van der Waals surface area contributed by atoms with Gasteiger partial charge in [-0.3, -0.25) is 0 Å². The van der Waals surface area contributed by atoms with Crippen LogP contribution in [0.4, 0.5) is 0 Å². The highest BCUT2D eigenvalue weighted by atomic mass is 16.5. The molecule has 0 aromatic heterocycles. The number of rotatable bonds is 10. The van der Waals surface area contributed by atoms with Gasteiger partial charge in [0.1, 0.15) is 0 Å². The Morgan fingerprint density at radius 3 is 2.48 bits per heavy atom. The zero-order chi connectivity index (χ0) is 20.9. The zero-order valence-electron chi connectivity index (χ0n) is 20.1. The number of hydrogen-bond donors (Lipinski definition) is 1. The molecule has 3 aliphatic carbocycles. The van der Waals surface area contributed by atoms with E-state index in [-0.39, 0.29) is 11.2 Å². The molecular formula is C25H47N3O. The maximum absolute atomic E-state index is 7.00. The van der Waals surface area contributed by atoms with Crippen LogP contribution in [0, 0.1) is 23.2 Å². The van der Waals surface area contributed by atoms with E-state index < -0.39 is 0 Å². The van der Waals surface area contributed by atoms with Gasteiger partial charge in [-0.25, -0.2) is 0 Å². The van der Waals surface area contributed by atoms with Crippen molar-refractivity contribution >= 4 is 0 Å². The van der Waals surface area contributed by atoms with Gasteiger partial charge >= 0.3 is 0 Å². The van der Waals surface area contributed by atoms with Crippen LogP contribution >= 0.6 is 0 Å². The van der Waals surface area contributed by atoms with Crippen LogP contribution in [-0.2, 0) is 4.74 Å². The van der Waals surface area contributed by atoms with Gasteiger partial charge in [-0.05, 0) is 130 Å². The lowest BCUT2D eigenvalue weighted by Crippen LogP contribution is -2.62. The van der Waals surface area contributed by atoms with Crippen molar-refractivity contribution in [1.82, 2.24) is 15.1 Å². The van der Waals surface area contributed by atoms with Gasteiger partial charge in [0.25, 0.3) is 0 Å². The Labute approximate surface area is 180 Å². The van der Waals surface area contributed by atoms with Crippen molar-refractivity contribution in [3.63, 3.8) is 0 Å². The van der Waals surface area contributed by atoms with E-state index >= 15 is 0 Å². The smallest absolute Gasteiger partial charge is 0.0851 e. The van der Waals surface area contributed by atoms with Crippen LogP contribution in [-0.4, -0.2) is 74.4 Å². The molecule has 0 amide bonds. The number of ether oxygens (including phenoxy) is 1. The molecule has 1 unspecified atom stereocenters. The minimum atomic E-state index is 0.0574. The highest BCUT2D eigenvalue weighted by Crippen LogP contribution is 2.72. The van der Waals surface area contributed by atoms with Crippen LogP contribution in [0.3, 0.4) is 0 Å². The molecule has 168 valence electrons. The van der Waals surface area contributed by atoms with Crippen molar-refractivity contribution in [2.45, 2.75) is 89.4 Å². The molecule has 7 atom stereocenters. The number of unbranched alkanes of at least 4 members (excludes halogenated alkanes) is 1. The molecule has 1 saturated heterocycles. The highest BCUT2D eigenvalue weighted by molar-refractivity contribution is 5.24. The van der Waals surface area contributed by atoms with E-state index in [1.165, 1.54) is 71.0 Å². The van der Waals surface area contributed by atoms with Crippen LogP contribution < -0.4 is 5.32 Å². The number of nitrogens with one attached hydrogen (secondary N) is 1. The number of nitrogens with zero attached hydrogens (tertiary/aromatic N) is 2. The first-order valence-corrected chi connectivity index (χ1v) is 12.5. The topological polar surface area (TPSA) is 27.7 Å². The molecular weight excluding hydrogens is 358 g/mol. The summed E-state index contributed by atoms with van der Waals surface area (Å²) in [4.78, 5) is 4.78. The van der Waals surface area contributed by atoms with Gasteiger partial charge in [0.15, 0.2) is 0 Å². The summed E-state index contributed by atoms with van der Waals surface area (Å²) >= 11 is 0. The SMILES string of the molecule is CC1CC[C@H]2[C@]13CC[C@@]1(C)O[C@]2(C)[C@@H](NCCCCN(C)CCCN(C)C)[C@H]1C3. The van der Waals surface area contributed by atoms with Gasteiger partial charge < -0.3 is 19.9 Å². The van der Waals surface area contributed by atoms with E-state index in [9.17, 15) is 0 Å². The average Bonchev–Trinajstić information content (AvgIpc) is 3.02. The Bertz CT molecular complexity index is 582. The molecule has 3 saturated carbocycles. The third-order valence-corrected chi connectivity index (χ3v) is 9.68. The van der Waals surface area contributed by atoms with Crippen molar-refractivity contribution in [3.8, 4) is 0 Å². The Morgan fingerprint density at radius 2 is 1.72 bits per heavy atom. The molecule has 1 spiro atoms. The van der Waals surface area contributed by atoms with Gasteiger partial charge in [0.05, 0.1) is 11.2 Å². The number of fused-ring (bicyclic) bond motifs is 2. The van der Waals surface area contributed by atoms with Crippen LogP contribution in [0.5, 0.6) is 0 Å². The predicted octanol–water partition coefficient (Wildman–Crippen LogP) is 4.00. The largest absolute Gasteiger partial charge is 0.367 e. The quantitative estimate of drug-likeness (QED) is 0.556. The minimum absolute atomic E-state index is 0.0574. The summed E-state index contributed by atoms with van der Waals surface area (Å²) in [6, 6.07) is 0.564. The molecule has 29 heavy (non-hydrogen) atoms. The first-order chi connectivity index (χ1) is 13.7. The van der Waals surface area contributed by atoms with Gasteiger partial charge in [-0.1, -0.05) is 6.92 Å². The molecule has 4 heteroatoms. The summed E-state index contributed by atoms with van der Waals surface area (Å²) in [6.45, 7) is 12.2. The fourth-order valence-corrected chi connectivity index (χ4v) is 8.08. The standard InChI is InChI=1S/C25H47N3O/c1-19-10-11-21-24(3)22(20-18-25(19,21)13-12-23(20,2)29-24)26-14-7-8-16-28(6)17-9-15-27(4)5/h19-22,26H,7-18H2,1-6H3/t19?,20-,21-,22+,23-,24+,25+/m1/s1. The fourth-order valence-electron chi connectivity index (χ4n) is 8.08. The molecule has 4 rings (SSSR count). The van der Waals surface area contributed by atoms with E-state index in [2.05, 4.69) is 57.0 Å². The molecule has 1 aliphatic heterocycles. The van der Waals surface area contributed by atoms with Gasteiger partial charge in [0.2, 0.25) is 0 Å². The first-order valence-electron chi connectivity index (χ1n) is 12.5. The van der Waals surface area contributed by atoms with E-state index in [1.54, 1.807) is 0 Å². The third kappa shape index (κ3) is 3.70. The molecule has 4 nitrogen and oxygen atoms in total. The molecule has 4 aliphatic rings. The highest BCUT2D eigenvalue weighted by Gasteiger charge is 2.73. The second-order valence-electron chi connectivity index (χ2n) is 11.8. The van der Waals surface area contributed by atoms with E-state index in [1.807, 2.05) is 0 Å². The van der Waals surface area contributed by atoms with Crippen molar-refractivity contribution in [3.05, 3.63) is 0 Å². The lowest BCUT2D eigenvalue weighted by Gasteiger charge is -2.55. The fraction of sp³-hybridized carbons (Fsp3) is 1.00. The molecule has 1 N–H and O–H groups in total. The first kappa shape index (κ1) is 22.0. The van der Waals surface area contributed by atoms with Crippen LogP contribution in [0.2, 0.25) is 0 Å². The molecule has 0 radical (unpaired) electrons. The van der Waals surface area contributed by atoms with Crippen LogP contribution in [0.15, 0.2) is 0 Å². The van der Waals surface area contributed by atoms with E-state index in [4.69, 9.17) is 4.74 Å². The maximum atomic E-state index is 7.00. The summed E-state index contributed by atoms with van der Waals surface area (Å²) in [5, 5.41) is 4.04. The lowest BCUT2D eigenvalue weighted by molar-refractivity contribution is -0.115. The normalized spacial score (nSPS) is 45.5. The van der Waals surface area contributed by atoms with Gasteiger partial charge in [0, 0.05) is 12.0 Å². The van der Waals surface area contributed by atoms with E-state index in [0.29, 0.717) is 17.4 Å². The predicted molar refractivity (Wildman–Crippen MR) is 121 cm³/mol. The van der Waals surface area contributed by atoms with Gasteiger partial charge in [-0.15, -0.1) is 0 Å². The van der Waals surface area contributed by atoms with Crippen LogP contribution in [0.1, 0.15) is 72.1 Å². The summed E-state index contributed by atoms with van der Waals surface area (Å²) in [5.41, 5.74) is 0.763. The Hall–Kier alpha value is -0.160. The second kappa shape index (κ2) is 8.07. The zero-order valence-corrected chi connectivity index (χ0v) is 20.1. The molecule has 1 heterocycles. The molecule has 4 fully saturated rings. The Balaban J connectivity index is 1.28. The van der Waals surface area contributed by atoms with E-state index in [0.717, 1.165) is 18.4 Å². The average molecular weight is 406 g/mol. The maximum Gasteiger partial charge on any atom is 0.0851 e. The van der Waals surface area contributed by atoms with Crippen LogP contribution in [0.25, 0.3) is 0 Å². The van der Waals surface area contributed by atoms with Gasteiger partial charge in [-0.2, -0.15) is 0 Å². The number of hydrogen-bond acceptors (Lipinski definition) is 4. The third-order valence-electron chi connectivity index (χ3n) is 9.68. The molecule has 0 aromatic carbocycles. The van der Waals surface area contributed by atoms with Crippen molar-refractivity contribution in [1.29, 1.82) is 0 Å². The summed E-state index contributed by atoms with van der Waals surface area (Å²) in [6.07, 6.45) is 10.7.